The van der Waals surface area contributed by atoms with Gasteiger partial charge in [-0.25, -0.2) is 0 Å². The molecule has 1 aromatic carbocycles. The van der Waals surface area contributed by atoms with Gasteiger partial charge in [-0.1, -0.05) is 13.8 Å². The third-order valence-electron chi connectivity index (χ3n) is 2.15. The van der Waals surface area contributed by atoms with Gasteiger partial charge in [-0.2, -0.15) is 0 Å². The lowest BCUT2D eigenvalue weighted by molar-refractivity contribution is 0.905. The lowest BCUT2D eigenvalue weighted by atomic mass is 10.2. The number of hydrogen-bond donors (Lipinski definition) is 1. The van der Waals surface area contributed by atoms with Gasteiger partial charge in [0.15, 0.2) is 0 Å². The predicted molar refractivity (Wildman–Crippen MR) is 61.2 cm³/mol. The standard InChI is InChI=1S/C11H17NS/c1-4-9(3)13-10-5-6-11(12)8(2)7-10/h5-7,9H,4,12H2,1-3H3/t9-/m0/s1. The van der Waals surface area contributed by atoms with E-state index in [1.54, 1.807) is 0 Å². The van der Waals surface area contributed by atoms with Crippen molar-refractivity contribution in [3.8, 4) is 0 Å². The summed E-state index contributed by atoms with van der Waals surface area (Å²) in [4.78, 5) is 1.32. The fraction of sp³-hybridized carbons (Fsp3) is 0.455. The average molecular weight is 195 g/mol. The Kier molecular flexibility index (Phi) is 3.67. The fourth-order valence-electron chi connectivity index (χ4n) is 1.04. The van der Waals surface area contributed by atoms with Crippen LogP contribution in [0.5, 0.6) is 0 Å². The second-order valence-corrected chi connectivity index (χ2v) is 4.87. The smallest absolute Gasteiger partial charge is 0.0344 e. The van der Waals surface area contributed by atoms with E-state index in [0.29, 0.717) is 5.25 Å². The monoisotopic (exact) mass is 195 g/mol. The zero-order chi connectivity index (χ0) is 9.84. The summed E-state index contributed by atoms with van der Waals surface area (Å²) >= 11 is 1.91. The second-order valence-electron chi connectivity index (χ2n) is 3.36. The minimum absolute atomic E-state index is 0.683. The van der Waals surface area contributed by atoms with Crippen LogP contribution >= 0.6 is 11.8 Å². The van der Waals surface area contributed by atoms with Gasteiger partial charge in [0.05, 0.1) is 0 Å². The van der Waals surface area contributed by atoms with E-state index in [1.807, 2.05) is 17.8 Å². The van der Waals surface area contributed by atoms with E-state index in [-0.39, 0.29) is 0 Å². The molecule has 0 radical (unpaired) electrons. The minimum Gasteiger partial charge on any atom is -0.399 e. The van der Waals surface area contributed by atoms with E-state index in [9.17, 15) is 0 Å². The first kappa shape index (κ1) is 10.5. The summed E-state index contributed by atoms with van der Waals surface area (Å²) in [5.74, 6) is 0. The van der Waals surface area contributed by atoms with Crippen LogP contribution in [-0.2, 0) is 0 Å². The van der Waals surface area contributed by atoms with E-state index in [0.717, 1.165) is 5.69 Å². The van der Waals surface area contributed by atoms with Crippen molar-refractivity contribution in [1.29, 1.82) is 0 Å². The largest absolute Gasteiger partial charge is 0.399 e. The molecular weight excluding hydrogens is 178 g/mol. The highest BCUT2D eigenvalue weighted by atomic mass is 32.2. The Morgan fingerprint density at radius 2 is 2.15 bits per heavy atom. The zero-order valence-corrected chi connectivity index (χ0v) is 9.32. The molecule has 1 aromatic rings. The number of hydrogen-bond acceptors (Lipinski definition) is 2. The number of nitrogen functional groups attached to an aromatic ring is 1. The van der Waals surface area contributed by atoms with E-state index >= 15 is 0 Å². The van der Waals surface area contributed by atoms with Crippen molar-refractivity contribution in [3.63, 3.8) is 0 Å². The van der Waals surface area contributed by atoms with Crippen LogP contribution in [0.4, 0.5) is 5.69 Å². The Morgan fingerprint density at radius 3 is 2.69 bits per heavy atom. The highest BCUT2D eigenvalue weighted by Crippen LogP contribution is 2.27. The van der Waals surface area contributed by atoms with Gasteiger partial charge < -0.3 is 5.73 Å². The Labute approximate surface area is 84.7 Å². The topological polar surface area (TPSA) is 26.0 Å². The van der Waals surface area contributed by atoms with Crippen LogP contribution in [0.1, 0.15) is 25.8 Å². The molecule has 0 saturated heterocycles. The van der Waals surface area contributed by atoms with E-state index in [4.69, 9.17) is 5.73 Å². The Hall–Kier alpha value is -0.630. The molecule has 1 atom stereocenters. The van der Waals surface area contributed by atoms with E-state index in [2.05, 4.69) is 32.9 Å². The van der Waals surface area contributed by atoms with Gasteiger partial charge in [0.1, 0.15) is 0 Å². The SMILES string of the molecule is CC[C@H](C)Sc1ccc(N)c(C)c1. The molecule has 0 amide bonds. The van der Waals surface area contributed by atoms with Crippen LogP contribution in [-0.4, -0.2) is 5.25 Å². The average Bonchev–Trinajstić information content (AvgIpc) is 2.11. The number of nitrogens with two attached hydrogens (primary N) is 1. The molecule has 13 heavy (non-hydrogen) atoms. The van der Waals surface area contributed by atoms with Crippen molar-refractivity contribution in [2.45, 2.75) is 37.3 Å². The first-order chi connectivity index (χ1) is 6.13. The lowest BCUT2D eigenvalue weighted by Gasteiger charge is -2.09. The van der Waals surface area contributed by atoms with E-state index in [1.165, 1.54) is 16.9 Å². The Morgan fingerprint density at radius 1 is 1.46 bits per heavy atom. The van der Waals surface area contributed by atoms with Crippen LogP contribution in [0.25, 0.3) is 0 Å². The van der Waals surface area contributed by atoms with Crippen molar-refractivity contribution in [1.82, 2.24) is 0 Å². The van der Waals surface area contributed by atoms with Crippen molar-refractivity contribution >= 4 is 17.4 Å². The van der Waals surface area contributed by atoms with Gasteiger partial charge in [-0.3, -0.25) is 0 Å². The molecule has 0 bridgehead atoms. The summed E-state index contributed by atoms with van der Waals surface area (Å²) in [5.41, 5.74) is 7.80. The molecule has 1 nitrogen and oxygen atoms in total. The number of aryl methyl sites for hydroxylation is 1. The highest BCUT2D eigenvalue weighted by molar-refractivity contribution is 7.99. The predicted octanol–water partition coefficient (Wildman–Crippen LogP) is 3.47. The van der Waals surface area contributed by atoms with Gasteiger partial charge in [0.25, 0.3) is 0 Å². The maximum absolute atomic E-state index is 5.74. The Balaban J connectivity index is 2.73. The summed E-state index contributed by atoms with van der Waals surface area (Å²) < 4.78 is 0. The summed E-state index contributed by atoms with van der Waals surface area (Å²) in [6, 6.07) is 6.24. The molecule has 0 aliphatic carbocycles. The minimum atomic E-state index is 0.683. The number of anilines is 1. The Bertz CT molecular complexity index is 283. The molecule has 0 fully saturated rings. The number of benzene rings is 1. The second kappa shape index (κ2) is 4.56. The van der Waals surface area contributed by atoms with Crippen molar-refractivity contribution in [2.24, 2.45) is 0 Å². The molecule has 0 aliphatic heterocycles. The molecule has 72 valence electrons. The van der Waals surface area contributed by atoms with Crippen LogP contribution in [0.2, 0.25) is 0 Å². The highest BCUT2D eigenvalue weighted by Gasteiger charge is 2.02. The molecule has 0 heterocycles. The summed E-state index contributed by atoms with van der Waals surface area (Å²) in [6.07, 6.45) is 1.20. The molecule has 0 spiro atoms. The molecule has 0 saturated carbocycles. The van der Waals surface area contributed by atoms with Crippen molar-refractivity contribution in [2.75, 3.05) is 5.73 Å². The van der Waals surface area contributed by atoms with Crippen molar-refractivity contribution < 1.29 is 0 Å². The molecule has 1 rings (SSSR count). The van der Waals surface area contributed by atoms with Gasteiger partial charge in [0, 0.05) is 15.8 Å². The molecule has 0 unspecified atom stereocenters. The number of thioether (sulfide) groups is 1. The molecule has 0 aromatic heterocycles. The maximum atomic E-state index is 5.74. The number of rotatable bonds is 3. The third kappa shape index (κ3) is 2.96. The first-order valence-corrected chi connectivity index (χ1v) is 5.54. The fourth-order valence-corrected chi connectivity index (χ4v) is 2.06. The molecular formula is C11H17NS. The summed E-state index contributed by atoms with van der Waals surface area (Å²) in [7, 11) is 0. The van der Waals surface area contributed by atoms with Gasteiger partial charge in [-0.05, 0) is 37.1 Å². The van der Waals surface area contributed by atoms with E-state index < -0.39 is 0 Å². The molecule has 2 N–H and O–H groups in total. The lowest BCUT2D eigenvalue weighted by Crippen LogP contribution is -1.93. The zero-order valence-electron chi connectivity index (χ0n) is 8.50. The van der Waals surface area contributed by atoms with Crippen LogP contribution in [0, 0.1) is 6.92 Å². The quantitative estimate of drug-likeness (QED) is 0.590. The van der Waals surface area contributed by atoms with Gasteiger partial charge in [-0.15, -0.1) is 11.8 Å². The van der Waals surface area contributed by atoms with Crippen LogP contribution < -0.4 is 5.73 Å². The molecule has 2 heteroatoms. The van der Waals surface area contributed by atoms with Crippen LogP contribution in [0.15, 0.2) is 23.1 Å². The normalized spacial score (nSPS) is 12.8. The van der Waals surface area contributed by atoms with Gasteiger partial charge >= 0.3 is 0 Å². The first-order valence-electron chi connectivity index (χ1n) is 4.66. The summed E-state index contributed by atoms with van der Waals surface area (Å²) in [5, 5.41) is 0.683. The third-order valence-corrected chi connectivity index (χ3v) is 3.42. The van der Waals surface area contributed by atoms with Gasteiger partial charge in [0.2, 0.25) is 0 Å². The molecule has 0 aliphatic rings. The maximum Gasteiger partial charge on any atom is 0.0344 e. The van der Waals surface area contributed by atoms with Crippen molar-refractivity contribution in [3.05, 3.63) is 23.8 Å². The van der Waals surface area contributed by atoms with Crippen LogP contribution in [0.3, 0.4) is 0 Å². The summed E-state index contributed by atoms with van der Waals surface area (Å²) in [6.45, 7) is 6.51.